The van der Waals surface area contributed by atoms with E-state index in [1.807, 2.05) is 19.1 Å². The lowest BCUT2D eigenvalue weighted by molar-refractivity contribution is -0.123. The van der Waals surface area contributed by atoms with E-state index in [1.165, 1.54) is 12.1 Å². The molecule has 2 aromatic rings. The summed E-state index contributed by atoms with van der Waals surface area (Å²) in [6.45, 7) is 1.92. The minimum Gasteiger partial charge on any atom is -0.326 e. The van der Waals surface area contributed by atoms with E-state index in [0.717, 1.165) is 10.0 Å². The first-order chi connectivity index (χ1) is 10.9. The molecule has 0 unspecified atom stereocenters. The van der Waals surface area contributed by atoms with Gasteiger partial charge in [-0.2, -0.15) is 0 Å². The summed E-state index contributed by atoms with van der Waals surface area (Å²) in [5, 5.41) is 5.42. The van der Waals surface area contributed by atoms with Crippen LogP contribution in [0, 0.1) is 12.7 Å². The van der Waals surface area contributed by atoms with Crippen LogP contribution in [0.1, 0.15) is 23.5 Å². The molecule has 3 rings (SSSR count). The van der Waals surface area contributed by atoms with Gasteiger partial charge in [0.15, 0.2) is 0 Å². The third-order valence-corrected chi connectivity index (χ3v) is 4.69. The molecule has 6 heteroatoms. The number of fused-ring (bicyclic) bond motifs is 1. The molecule has 4 nitrogen and oxygen atoms in total. The molecule has 0 bridgehead atoms. The second kappa shape index (κ2) is 6.12. The topological polar surface area (TPSA) is 58.2 Å². The van der Waals surface area contributed by atoms with Gasteiger partial charge in [-0.1, -0.05) is 22.0 Å². The van der Waals surface area contributed by atoms with Crippen LogP contribution < -0.4 is 10.6 Å². The molecule has 0 radical (unpaired) electrons. The fourth-order valence-corrected chi connectivity index (χ4v) is 2.87. The van der Waals surface area contributed by atoms with E-state index in [0.29, 0.717) is 16.9 Å². The monoisotopic (exact) mass is 376 g/mol. The van der Waals surface area contributed by atoms with E-state index in [2.05, 4.69) is 26.6 Å². The molecule has 2 amide bonds. The molecule has 1 atom stereocenters. The first-order valence-electron chi connectivity index (χ1n) is 7.10. The maximum atomic E-state index is 13.3. The minimum absolute atomic E-state index is 0.0416. The number of carbonyl (C=O) groups is 2. The van der Waals surface area contributed by atoms with Crippen molar-refractivity contribution in [3.05, 3.63) is 57.8 Å². The van der Waals surface area contributed by atoms with Gasteiger partial charge in [-0.15, -0.1) is 0 Å². The van der Waals surface area contributed by atoms with Crippen molar-refractivity contribution in [2.75, 3.05) is 10.6 Å². The summed E-state index contributed by atoms with van der Waals surface area (Å²) < 4.78 is 14.3. The number of nitrogens with one attached hydrogen (secondary N) is 2. The van der Waals surface area contributed by atoms with Gasteiger partial charge in [0.1, 0.15) is 5.82 Å². The third kappa shape index (κ3) is 3.27. The third-order valence-electron chi connectivity index (χ3n) is 3.80. The summed E-state index contributed by atoms with van der Waals surface area (Å²) in [5.74, 6) is -1.67. The predicted octanol–water partition coefficient (Wildman–Crippen LogP) is 3.96. The van der Waals surface area contributed by atoms with Crippen molar-refractivity contribution in [3.63, 3.8) is 0 Å². The number of aryl methyl sites for hydroxylation is 1. The van der Waals surface area contributed by atoms with Gasteiger partial charge in [-0.25, -0.2) is 4.39 Å². The predicted molar refractivity (Wildman–Crippen MR) is 89.9 cm³/mol. The van der Waals surface area contributed by atoms with Gasteiger partial charge in [0, 0.05) is 22.3 Å². The van der Waals surface area contributed by atoms with E-state index in [4.69, 9.17) is 0 Å². The van der Waals surface area contributed by atoms with Crippen LogP contribution in [0.3, 0.4) is 0 Å². The van der Waals surface area contributed by atoms with E-state index >= 15 is 0 Å². The Hall–Kier alpha value is -2.21. The molecule has 1 aliphatic heterocycles. The molecule has 1 aliphatic rings. The molecule has 118 valence electrons. The Kier molecular flexibility index (Phi) is 4.17. The van der Waals surface area contributed by atoms with Crippen LogP contribution in [0.15, 0.2) is 40.9 Å². The number of anilines is 2. The molecule has 0 saturated carbocycles. The van der Waals surface area contributed by atoms with Crippen LogP contribution >= 0.6 is 15.9 Å². The fraction of sp³-hybridized carbons (Fsp3) is 0.176. The number of benzene rings is 2. The lowest BCUT2D eigenvalue weighted by Gasteiger charge is -2.25. The van der Waals surface area contributed by atoms with E-state index < -0.39 is 11.7 Å². The zero-order chi connectivity index (χ0) is 16.6. The Morgan fingerprint density at radius 1 is 1.30 bits per heavy atom. The quantitative estimate of drug-likeness (QED) is 0.833. The van der Waals surface area contributed by atoms with E-state index in [-0.39, 0.29) is 18.2 Å². The molecule has 0 aliphatic carbocycles. The van der Waals surface area contributed by atoms with Gasteiger partial charge in [0.05, 0.1) is 5.92 Å². The molecule has 0 aromatic heterocycles. The van der Waals surface area contributed by atoms with Gasteiger partial charge in [-0.3, -0.25) is 9.59 Å². The zero-order valence-electron chi connectivity index (χ0n) is 12.3. The number of hydrogen-bond donors (Lipinski definition) is 2. The molecule has 23 heavy (non-hydrogen) atoms. The first kappa shape index (κ1) is 15.7. The van der Waals surface area contributed by atoms with Gasteiger partial charge >= 0.3 is 0 Å². The minimum atomic E-state index is -0.636. The number of carbonyl (C=O) groups excluding carboxylic acids is 2. The van der Waals surface area contributed by atoms with Crippen LogP contribution in [0.4, 0.5) is 15.8 Å². The van der Waals surface area contributed by atoms with Gasteiger partial charge in [0.2, 0.25) is 11.8 Å². The van der Waals surface area contributed by atoms with E-state index in [1.54, 1.807) is 12.1 Å². The Balaban J connectivity index is 1.87. The summed E-state index contributed by atoms with van der Waals surface area (Å²) in [7, 11) is 0. The number of hydrogen-bond acceptors (Lipinski definition) is 2. The lowest BCUT2D eigenvalue weighted by atomic mass is 9.89. The first-order valence-corrected chi connectivity index (χ1v) is 7.89. The Morgan fingerprint density at radius 3 is 2.83 bits per heavy atom. The zero-order valence-corrected chi connectivity index (χ0v) is 13.9. The van der Waals surface area contributed by atoms with Crippen molar-refractivity contribution in [2.24, 2.45) is 0 Å². The summed E-state index contributed by atoms with van der Waals surface area (Å²) >= 11 is 3.41. The van der Waals surface area contributed by atoms with Crippen molar-refractivity contribution >= 4 is 39.1 Å². The van der Waals surface area contributed by atoms with Crippen LogP contribution in [0.25, 0.3) is 0 Å². The highest BCUT2D eigenvalue weighted by molar-refractivity contribution is 9.10. The molecule has 0 saturated heterocycles. The molecular formula is C17H14BrFN2O2. The van der Waals surface area contributed by atoms with E-state index in [9.17, 15) is 14.0 Å². The molecule has 2 N–H and O–H groups in total. The Bertz CT molecular complexity index is 807. The lowest BCUT2D eigenvalue weighted by Crippen LogP contribution is -2.30. The average molecular weight is 377 g/mol. The number of rotatable bonds is 2. The summed E-state index contributed by atoms with van der Waals surface area (Å²) in [5.41, 5.74) is 2.63. The van der Waals surface area contributed by atoms with Crippen LogP contribution in [0.2, 0.25) is 0 Å². The van der Waals surface area contributed by atoms with Crippen LogP contribution in [-0.2, 0) is 9.59 Å². The standard InChI is InChI=1S/C17H14BrFN2O2/c1-9-6-11(3-5-14(9)18)20-17(23)13-8-16(22)21-15-7-10(19)2-4-12(13)15/h2-7,13H,8H2,1H3,(H,20,23)(H,21,22)/t13-/m1/s1. The summed E-state index contributed by atoms with van der Waals surface area (Å²) in [6, 6.07) is 9.54. The highest BCUT2D eigenvalue weighted by Gasteiger charge is 2.31. The smallest absolute Gasteiger partial charge is 0.232 e. The maximum Gasteiger partial charge on any atom is 0.232 e. The van der Waals surface area contributed by atoms with Gasteiger partial charge in [0.25, 0.3) is 0 Å². The average Bonchev–Trinajstić information content (AvgIpc) is 2.49. The van der Waals surface area contributed by atoms with Crippen molar-refractivity contribution in [1.29, 1.82) is 0 Å². The number of amides is 2. The van der Waals surface area contributed by atoms with Gasteiger partial charge in [-0.05, 0) is 48.4 Å². The molecular weight excluding hydrogens is 363 g/mol. The van der Waals surface area contributed by atoms with Crippen molar-refractivity contribution in [2.45, 2.75) is 19.3 Å². The highest BCUT2D eigenvalue weighted by atomic mass is 79.9. The fourth-order valence-electron chi connectivity index (χ4n) is 2.62. The largest absolute Gasteiger partial charge is 0.326 e. The number of halogens is 2. The molecule has 0 fully saturated rings. The maximum absolute atomic E-state index is 13.3. The van der Waals surface area contributed by atoms with Crippen LogP contribution in [-0.4, -0.2) is 11.8 Å². The van der Waals surface area contributed by atoms with Gasteiger partial charge < -0.3 is 10.6 Å². The molecule has 0 spiro atoms. The molecule has 1 heterocycles. The van der Waals surface area contributed by atoms with Crippen molar-refractivity contribution in [1.82, 2.24) is 0 Å². The summed E-state index contributed by atoms with van der Waals surface area (Å²) in [6.07, 6.45) is 0.0416. The Morgan fingerprint density at radius 2 is 2.09 bits per heavy atom. The second-order valence-corrected chi connectivity index (χ2v) is 6.34. The Labute approximate surface area is 141 Å². The van der Waals surface area contributed by atoms with Crippen LogP contribution in [0.5, 0.6) is 0 Å². The normalized spacial score (nSPS) is 16.5. The SMILES string of the molecule is Cc1cc(NC(=O)[C@@H]2CC(=O)Nc3cc(F)ccc32)ccc1Br. The van der Waals surface area contributed by atoms with Crippen molar-refractivity contribution in [3.8, 4) is 0 Å². The highest BCUT2D eigenvalue weighted by Crippen LogP contribution is 2.33. The summed E-state index contributed by atoms with van der Waals surface area (Å²) in [4.78, 5) is 24.3. The second-order valence-electron chi connectivity index (χ2n) is 5.49. The van der Waals surface area contributed by atoms with Crippen molar-refractivity contribution < 1.29 is 14.0 Å². The molecule has 2 aromatic carbocycles.